The maximum absolute atomic E-state index is 12.2. The molecule has 1 amide bonds. The lowest BCUT2D eigenvalue weighted by atomic mass is 10.1. The minimum atomic E-state index is 0.123. The molecule has 0 aliphatic heterocycles. The van der Waals surface area contributed by atoms with E-state index in [0.717, 1.165) is 18.4 Å². The normalized spacial score (nSPS) is 18.8. The number of hydrogen-bond acceptors (Lipinski definition) is 3. The third kappa shape index (κ3) is 3.70. The first-order chi connectivity index (χ1) is 11.7. The van der Waals surface area contributed by atoms with Gasteiger partial charge in [0.2, 0.25) is 5.91 Å². The van der Waals surface area contributed by atoms with Gasteiger partial charge in [-0.25, -0.2) is 0 Å². The van der Waals surface area contributed by atoms with Gasteiger partial charge in [0, 0.05) is 12.5 Å². The highest BCUT2D eigenvalue weighted by molar-refractivity contribution is 5.82. The van der Waals surface area contributed by atoms with Crippen LogP contribution in [0, 0.1) is 5.92 Å². The molecule has 0 spiro atoms. The van der Waals surface area contributed by atoms with Crippen LogP contribution < -0.4 is 14.8 Å². The number of hydrogen-bond donors (Lipinski definition) is 1. The van der Waals surface area contributed by atoms with Gasteiger partial charge in [-0.3, -0.25) is 4.79 Å². The monoisotopic (exact) mass is 325 g/mol. The molecule has 2 aromatic rings. The molecule has 1 fully saturated rings. The van der Waals surface area contributed by atoms with Crippen molar-refractivity contribution < 1.29 is 14.3 Å². The lowest BCUT2D eigenvalue weighted by molar-refractivity contribution is -0.122. The fourth-order valence-corrected chi connectivity index (χ4v) is 3.05. The number of carbonyl (C=O) groups is 1. The van der Waals surface area contributed by atoms with E-state index in [-0.39, 0.29) is 11.8 Å². The molecule has 0 radical (unpaired) electrons. The van der Waals surface area contributed by atoms with Crippen molar-refractivity contribution in [2.45, 2.75) is 18.8 Å². The summed E-state index contributed by atoms with van der Waals surface area (Å²) < 4.78 is 10.5. The van der Waals surface area contributed by atoms with Crippen LogP contribution in [0.4, 0.5) is 0 Å². The molecule has 1 saturated carbocycles. The van der Waals surface area contributed by atoms with Crippen molar-refractivity contribution in [1.29, 1.82) is 0 Å². The second-order valence-electron chi connectivity index (χ2n) is 6.09. The molecule has 2 atom stereocenters. The van der Waals surface area contributed by atoms with E-state index < -0.39 is 0 Å². The van der Waals surface area contributed by atoms with Gasteiger partial charge in [-0.05, 0) is 42.0 Å². The minimum Gasteiger partial charge on any atom is -0.493 e. The summed E-state index contributed by atoms with van der Waals surface area (Å²) in [5.41, 5.74) is 2.38. The second kappa shape index (κ2) is 7.39. The zero-order chi connectivity index (χ0) is 16.9. The van der Waals surface area contributed by atoms with E-state index in [1.165, 1.54) is 5.56 Å². The molecule has 4 nitrogen and oxygen atoms in total. The van der Waals surface area contributed by atoms with Gasteiger partial charge in [-0.1, -0.05) is 36.4 Å². The molecule has 0 unspecified atom stereocenters. The Morgan fingerprint density at radius 2 is 1.83 bits per heavy atom. The zero-order valence-electron chi connectivity index (χ0n) is 14.1. The van der Waals surface area contributed by atoms with Crippen LogP contribution in [-0.2, 0) is 11.2 Å². The molecular weight excluding hydrogens is 302 g/mol. The molecule has 0 saturated heterocycles. The smallest absolute Gasteiger partial charge is 0.223 e. The van der Waals surface area contributed by atoms with Gasteiger partial charge in [0.05, 0.1) is 14.2 Å². The molecular formula is C20H23NO3. The number of carbonyl (C=O) groups excluding carboxylic acids is 1. The molecule has 0 bridgehead atoms. The Balaban J connectivity index is 1.48. The Labute approximate surface area is 142 Å². The summed E-state index contributed by atoms with van der Waals surface area (Å²) in [6.07, 6.45) is 1.72. The van der Waals surface area contributed by atoms with E-state index in [0.29, 0.717) is 24.0 Å². The summed E-state index contributed by atoms with van der Waals surface area (Å²) in [5.74, 6) is 2.09. The fraction of sp³-hybridized carbons (Fsp3) is 0.350. The summed E-state index contributed by atoms with van der Waals surface area (Å²) >= 11 is 0. The van der Waals surface area contributed by atoms with Crippen LogP contribution in [0.15, 0.2) is 48.5 Å². The number of benzene rings is 2. The van der Waals surface area contributed by atoms with Crippen molar-refractivity contribution >= 4 is 5.91 Å². The molecule has 0 heterocycles. The van der Waals surface area contributed by atoms with Crippen molar-refractivity contribution in [3.8, 4) is 11.5 Å². The largest absolute Gasteiger partial charge is 0.493 e. The predicted molar refractivity (Wildman–Crippen MR) is 93.5 cm³/mol. The number of nitrogens with one attached hydrogen (secondary N) is 1. The quantitative estimate of drug-likeness (QED) is 0.850. The number of amides is 1. The van der Waals surface area contributed by atoms with Crippen molar-refractivity contribution in [3.05, 3.63) is 59.7 Å². The highest BCUT2D eigenvalue weighted by atomic mass is 16.5. The molecule has 1 aliphatic rings. The van der Waals surface area contributed by atoms with Crippen molar-refractivity contribution in [1.82, 2.24) is 5.32 Å². The first-order valence-electron chi connectivity index (χ1n) is 8.26. The predicted octanol–water partition coefficient (Wildman–Crippen LogP) is 3.17. The average molecular weight is 325 g/mol. The molecule has 0 aromatic heterocycles. The number of methoxy groups -OCH3 is 2. The van der Waals surface area contributed by atoms with Crippen LogP contribution in [0.2, 0.25) is 0 Å². The maximum Gasteiger partial charge on any atom is 0.223 e. The van der Waals surface area contributed by atoms with E-state index >= 15 is 0 Å². The van der Waals surface area contributed by atoms with Gasteiger partial charge in [0.25, 0.3) is 0 Å². The standard InChI is InChI=1S/C20H23NO3/c1-23-18-9-8-14(12-19(18)24-2)10-11-21-20(22)17-13-16(17)15-6-4-3-5-7-15/h3-9,12,16-17H,10-11,13H2,1-2H3,(H,21,22)/t16-,17-/m1/s1. The Hall–Kier alpha value is -2.49. The summed E-state index contributed by atoms with van der Waals surface area (Å²) in [7, 11) is 3.25. The summed E-state index contributed by atoms with van der Waals surface area (Å²) in [6.45, 7) is 0.631. The van der Waals surface area contributed by atoms with Gasteiger partial charge in [0.15, 0.2) is 11.5 Å². The van der Waals surface area contributed by atoms with Gasteiger partial charge in [-0.2, -0.15) is 0 Å². The molecule has 4 heteroatoms. The van der Waals surface area contributed by atoms with E-state index in [2.05, 4.69) is 17.4 Å². The van der Waals surface area contributed by atoms with Gasteiger partial charge >= 0.3 is 0 Å². The van der Waals surface area contributed by atoms with Gasteiger partial charge in [-0.15, -0.1) is 0 Å². The molecule has 126 valence electrons. The van der Waals surface area contributed by atoms with Crippen LogP contribution in [0.5, 0.6) is 11.5 Å². The molecule has 24 heavy (non-hydrogen) atoms. The van der Waals surface area contributed by atoms with Crippen LogP contribution in [0.3, 0.4) is 0 Å². The fourth-order valence-electron chi connectivity index (χ4n) is 3.05. The highest BCUT2D eigenvalue weighted by Crippen LogP contribution is 2.47. The number of ether oxygens (including phenoxy) is 2. The summed E-state index contributed by atoms with van der Waals surface area (Å²) in [4.78, 5) is 12.2. The first-order valence-corrected chi connectivity index (χ1v) is 8.26. The lowest BCUT2D eigenvalue weighted by Crippen LogP contribution is -2.27. The van der Waals surface area contributed by atoms with Crippen LogP contribution in [0.1, 0.15) is 23.5 Å². The molecule has 2 aromatic carbocycles. The maximum atomic E-state index is 12.2. The third-order valence-electron chi connectivity index (χ3n) is 4.52. The Bertz CT molecular complexity index is 699. The van der Waals surface area contributed by atoms with Crippen LogP contribution >= 0.6 is 0 Å². The zero-order valence-corrected chi connectivity index (χ0v) is 14.1. The highest BCUT2D eigenvalue weighted by Gasteiger charge is 2.43. The Morgan fingerprint density at radius 3 is 2.54 bits per heavy atom. The molecule has 3 rings (SSSR count). The minimum absolute atomic E-state index is 0.123. The average Bonchev–Trinajstić information content (AvgIpc) is 3.43. The van der Waals surface area contributed by atoms with E-state index in [1.807, 2.05) is 36.4 Å². The van der Waals surface area contributed by atoms with Gasteiger partial charge < -0.3 is 14.8 Å². The van der Waals surface area contributed by atoms with Crippen molar-refractivity contribution in [2.24, 2.45) is 5.92 Å². The van der Waals surface area contributed by atoms with Crippen LogP contribution in [0.25, 0.3) is 0 Å². The van der Waals surface area contributed by atoms with Crippen molar-refractivity contribution in [3.63, 3.8) is 0 Å². The SMILES string of the molecule is COc1ccc(CCNC(=O)[C@@H]2C[C@@H]2c2ccccc2)cc1OC. The van der Waals surface area contributed by atoms with Crippen molar-refractivity contribution in [2.75, 3.05) is 20.8 Å². The Morgan fingerprint density at radius 1 is 1.08 bits per heavy atom. The summed E-state index contributed by atoms with van der Waals surface area (Å²) in [5, 5.41) is 3.05. The molecule has 1 aliphatic carbocycles. The number of rotatable bonds is 7. The van der Waals surface area contributed by atoms with Crippen LogP contribution in [-0.4, -0.2) is 26.7 Å². The topological polar surface area (TPSA) is 47.6 Å². The lowest BCUT2D eigenvalue weighted by Gasteiger charge is -2.10. The first kappa shape index (κ1) is 16.4. The molecule has 1 N–H and O–H groups in total. The van der Waals surface area contributed by atoms with E-state index in [1.54, 1.807) is 14.2 Å². The van der Waals surface area contributed by atoms with E-state index in [4.69, 9.17) is 9.47 Å². The summed E-state index contributed by atoms with van der Waals surface area (Å²) in [6, 6.07) is 16.1. The Kier molecular flexibility index (Phi) is 5.04. The second-order valence-corrected chi connectivity index (χ2v) is 6.09. The van der Waals surface area contributed by atoms with Gasteiger partial charge in [0.1, 0.15) is 0 Å². The van der Waals surface area contributed by atoms with E-state index in [9.17, 15) is 4.79 Å². The third-order valence-corrected chi connectivity index (χ3v) is 4.52.